The highest BCUT2D eigenvalue weighted by Crippen LogP contribution is 2.34. The van der Waals surface area contributed by atoms with Crippen molar-refractivity contribution in [1.82, 2.24) is 0 Å². The normalized spacial score (nSPS) is 78.1. The second-order valence-corrected chi connectivity index (χ2v) is 2.35. The summed E-state index contributed by atoms with van der Waals surface area (Å²) < 4.78 is 40.5. The highest BCUT2D eigenvalue weighted by atomic mass is 16.7. The van der Waals surface area contributed by atoms with Crippen LogP contribution in [0.15, 0.2) is 0 Å². The van der Waals surface area contributed by atoms with E-state index < -0.39 is 24.6 Å². The van der Waals surface area contributed by atoms with Gasteiger partial charge in [0.05, 0.1) is 17.3 Å². The molecule has 2 heterocycles. The summed E-state index contributed by atoms with van der Waals surface area (Å²) in [5.41, 5.74) is 0. The zero-order valence-electron chi connectivity index (χ0n) is 9.31. The number of fused-ring (bicyclic) bond motifs is 1. The maximum Gasteiger partial charge on any atom is 0.160 e. The van der Waals surface area contributed by atoms with E-state index in [1.165, 1.54) is 0 Å². The van der Waals surface area contributed by atoms with Crippen molar-refractivity contribution in [3.8, 4) is 0 Å². The predicted octanol–water partition coefficient (Wildman–Crippen LogP) is 1.02. The molecule has 2 rings (SSSR count). The Morgan fingerprint density at radius 1 is 1.67 bits per heavy atom. The van der Waals surface area contributed by atoms with Crippen molar-refractivity contribution in [2.75, 3.05) is 13.2 Å². The van der Waals surface area contributed by atoms with E-state index in [2.05, 4.69) is 0 Å². The van der Waals surface area contributed by atoms with E-state index in [0.29, 0.717) is 13.0 Å². The van der Waals surface area contributed by atoms with Gasteiger partial charge in [0.2, 0.25) is 0 Å². The number of rotatable bonds is 0. The quantitative estimate of drug-likeness (QED) is 0.490. The summed E-state index contributed by atoms with van der Waals surface area (Å²) in [6, 6.07) is 0. The number of hydrogen-bond acceptors (Lipinski definition) is 2. The molecular formula is C7H12O2. The molecule has 0 N–H and O–H groups in total. The molecule has 0 aromatic rings. The molecule has 0 spiro atoms. The minimum atomic E-state index is -1.93. The van der Waals surface area contributed by atoms with Crippen molar-refractivity contribution in [2.45, 2.75) is 19.6 Å². The van der Waals surface area contributed by atoms with Gasteiger partial charge in [0.25, 0.3) is 0 Å². The van der Waals surface area contributed by atoms with Crippen LogP contribution in [-0.4, -0.2) is 19.4 Å². The van der Waals surface area contributed by atoms with Gasteiger partial charge in [-0.25, -0.2) is 0 Å². The molecule has 3 atom stereocenters. The molecule has 0 aliphatic carbocycles. The summed E-state index contributed by atoms with van der Waals surface area (Å²) in [6.45, 7) is -0.0324. The Morgan fingerprint density at radius 3 is 3.33 bits per heavy atom. The van der Waals surface area contributed by atoms with Gasteiger partial charge in [-0.15, -0.1) is 0 Å². The fourth-order valence-corrected chi connectivity index (χ4v) is 1.15. The largest absolute Gasteiger partial charge is 0.352 e. The molecule has 2 nitrogen and oxygen atoms in total. The van der Waals surface area contributed by atoms with Crippen LogP contribution in [0, 0.1) is 11.8 Å². The van der Waals surface area contributed by atoms with Crippen LogP contribution in [0.1, 0.15) is 18.8 Å². The predicted molar refractivity (Wildman–Crippen MR) is 33.0 cm³/mol. The first-order valence-electron chi connectivity index (χ1n) is 5.16. The van der Waals surface area contributed by atoms with Crippen LogP contribution in [0.25, 0.3) is 0 Å². The molecule has 52 valence electrons. The molecule has 0 amide bonds. The Balaban J connectivity index is 2.41. The van der Waals surface area contributed by atoms with Crippen LogP contribution in [0.5, 0.6) is 0 Å². The van der Waals surface area contributed by atoms with E-state index in [-0.39, 0.29) is 0 Å². The maximum atomic E-state index is 7.98. The van der Waals surface area contributed by atoms with Crippen molar-refractivity contribution in [2.24, 2.45) is 11.8 Å². The first-order chi connectivity index (χ1) is 5.82. The molecule has 9 heavy (non-hydrogen) atoms. The zero-order valence-corrected chi connectivity index (χ0v) is 5.31. The van der Waals surface area contributed by atoms with Gasteiger partial charge in [-0.3, -0.25) is 0 Å². The zero-order chi connectivity index (χ0) is 9.91. The Labute approximate surface area is 60.8 Å². The highest BCUT2D eigenvalue weighted by molar-refractivity contribution is 4.79. The van der Waals surface area contributed by atoms with Crippen molar-refractivity contribution < 1.29 is 15.0 Å². The Morgan fingerprint density at radius 2 is 2.56 bits per heavy atom. The van der Waals surface area contributed by atoms with Crippen LogP contribution >= 0.6 is 0 Å². The van der Waals surface area contributed by atoms with Crippen molar-refractivity contribution in [3.05, 3.63) is 0 Å². The van der Waals surface area contributed by atoms with E-state index in [4.69, 9.17) is 15.0 Å². The average molecular weight is 132 g/mol. The van der Waals surface area contributed by atoms with Gasteiger partial charge in [0.1, 0.15) is 0 Å². The smallest absolute Gasteiger partial charge is 0.160 e. The molecule has 2 fully saturated rings. The Bertz CT molecular complexity index is 247. The molecule has 0 bridgehead atoms. The third-order valence-corrected chi connectivity index (χ3v) is 1.72. The monoisotopic (exact) mass is 132 g/mol. The standard InChI is InChI=1S/C7H12O2/c1-5-4-9-7-6(5)2-3-8-7/h5-7H,2-4H2,1H3/t5-,6-,7+/m0/s1/i4D2,6D,7D. The van der Waals surface area contributed by atoms with Gasteiger partial charge in [-0.05, 0) is 12.3 Å². The first kappa shape index (κ1) is 2.89. The summed E-state index contributed by atoms with van der Waals surface area (Å²) in [5.74, 6) is -1.91. The van der Waals surface area contributed by atoms with Gasteiger partial charge in [-0.2, -0.15) is 0 Å². The molecule has 0 saturated carbocycles. The molecule has 2 aliphatic rings. The van der Waals surface area contributed by atoms with Crippen LogP contribution < -0.4 is 0 Å². The Kier molecular flexibility index (Phi) is 0.628. The third kappa shape index (κ3) is 0.775. The second kappa shape index (κ2) is 1.96. The number of ether oxygens (including phenoxy) is 2. The van der Waals surface area contributed by atoms with E-state index in [0.717, 1.165) is 0 Å². The van der Waals surface area contributed by atoms with Gasteiger partial charge < -0.3 is 9.47 Å². The highest BCUT2D eigenvalue weighted by Gasteiger charge is 2.38. The summed E-state index contributed by atoms with van der Waals surface area (Å²) in [7, 11) is 0. The van der Waals surface area contributed by atoms with Crippen LogP contribution in [-0.2, 0) is 9.47 Å². The molecular weight excluding hydrogens is 116 g/mol. The topological polar surface area (TPSA) is 18.5 Å². The fourth-order valence-electron chi connectivity index (χ4n) is 1.15. The molecule has 0 radical (unpaired) electrons. The lowest BCUT2D eigenvalue weighted by atomic mass is 9.96. The van der Waals surface area contributed by atoms with Crippen molar-refractivity contribution in [3.63, 3.8) is 0 Å². The minimum Gasteiger partial charge on any atom is -0.352 e. The third-order valence-electron chi connectivity index (χ3n) is 1.72. The van der Waals surface area contributed by atoms with Gasteiger partial charge in [0.15, 0.2) is 6.27 Å². The molecule has 0 unspecified atom stereocenters. The lowest BCUT2D eigenvalue weighted by molar-refractivity contribution is -0.0905. The van der Waals surface area contributed by atoms with Crippen molar-refractivity contribution in [1.29, 1.82) is 0 Å². The van der Waals surface area contributed by atoms with Gasteiger partial charge in [-0.1, -0.05) is 6.92 Å². The fraction of sp³-hybridized carbons (Fsp3) is 1.00. The molecule has 2 heteroatoms. The summed E-state index contributed by atoms with van der Waals surface area (Å²) >= 11 is 0. The summed E-state index contributed by atoms with van der Waals surface area (Å²) in [4.78, 5) is 0. The molecule has 0 aromatic heterocycles. The number of hydrogen-bond donors (Lipinski definition) is 0. The minimum absolute atomic E-state index is 0.299. The summed E-state index contributed by atoms with van der Waals surface area (Å²) in [5, 5.41) is 0. The molecule has 2 aliphatic heterocycles. The van der Waals surface area contributed by atoms with E-state index in [9.17, 15) is 0 Å². The van der Waals surface area contributed by atoms with Crippen LogP contribution in [0.3, 0.4) is 0 Å². The van der Waals surface area contributed by atoms with Crippen LogP contribution in [0.2, 0.25) is 0 Å². The van der Waals surface area contributed by atoms with E-state index in [1.54, 1.807) is 6.92 Å². The van der Waals surface area contributed by atoms with E-state index >= 15 is 0 Å². The van der Waals surface area contributed by atoms with Gasteiger partial charge >= 0.3 is 0 Å². The molecule has 0 aromatic carbocycles. The lowest BCUT2D eigenvalue weighted by Gasteiger charge is -2.07. The van der Waals surface area contributed by atoms with Crippen molar-refractivity contribution >= 4 is 0 Å². The van der Waals surface area contributed by atoms with E-state index in [1.807, 2.05) is 0 Å². The average Bonchev–Trinajstić information content (AvgIpc) is 2.31. The Hall–Kier alpha value is -0.0800. The summed E-state index contributed by atoms with van der Waals surface area (Å²) in [6.07, 6.45) is -1.45. The van der Waals surface area contributed by atoms with Crippen LogP contribution in [0.4, 0.5) is 0 Å². The first-order valence-corrected chi connectivity index (χ1v) is 3.16. The van der Waals surface area contributed by atoms with Gasteiger partial charge in [0, 0.05) is 7.26 Å². The maximum absolute atomic E-state index is 7.98. The SMILES string of the molecule is [2H]C1([2H])O[C@@]2([2H])OCC[C@@]2([2H])[C@H]1C. The lowest BCUT2D eigenvalue weighted by Crippen LogP contribution is -2.12. The second-order valence-electron chi connectivity index (χ2n) is 2.35. The molecule has 2 saturated heterocycles.